The van der Waals surface area contributed by atoms with Crippen LogP contribution in [0.15, 0.2) is 51.6 Å². The molecule has 3 aromatic rings. The highest BCUT2D eigenvalue weighted by atomic mass is 32.2. The van der Waals surface area contributed by atoms with Crippen molar-refractivity contribution < 1.29 is 32.2 Å². The van der Waals surface area contributed by atoms with Gasteiger partial charge in [-0.3, -0.25) is 9.59 Å². The Kier molecular flexibility index (Phi) is 12.6. The lowest BCUT2D eigenvalue weighted by Crippen LogP contribution is -2.48. The molecule has 0 atom stereocenters. The van der Waals surface area contributed by atoms with Crippen molar-refractivity contribution in [2.45, 2.75) is 10.6 Å². The normalized spacial score (nSPS) is 14.2. The largest absolute Gasteiger partial charge is 0.382 e. The Hall–Kier alpha value is -3.25. The van der Waals surface area contributed by atoms with Gasteiger partial charge in [0, 0.05) is 39.4 Å². The van der Waals surface area contributed by atoms with Crippen molar-refractivity contribution >= 4 is 38.8 Å². The number of thiophene rings is 1. The Balaban J connectivity index is 1.15. The summed E-state index contributed by atoms with van der Waals surface area (Å²) < 4.78 is 49.2. The molecule has 43 heavy (non-hydrogen) atoms. The van der Waals surface area contributed by atoms with E-state index in [0.717, 1.165) is 17.0 Å². The third kappa shape index (κ3) is 9.89. The monoisotopic (exact) mass is 636 g/mol. The average molecular weight is 637 g/mol. The molecular weight excluding hydrogens is 600 g/mol. The smallest absolute Gasteiger partial charge is 0.264 e. The zero-order valence-electron chi connectivity index (χ0n) is 23.9. The Labute approximate surface area is 254 Å². The highest BCUT2D eigenvalue weighted by molar-refractivity contribution is 7.91. The molecule has 0 saturated carbocycles. The molecule has 16 heteroatoms. The Morgan fingerprint density at radius 3 is 2.26 bits per heavy atom. The minimum absolute atomic E-state index is 0.188. The number of hydrogen-bond donors (Lipinski definition) is 2. The molecule has 0 aliphatic carbocycles. The van der Waals surface area contributed by atoms with Crippen LogP contribution in [0.5, 0.6) is 0 Å². The molecule has 1 saturated heterocycles. The van der Waals surface area contributed by atoms with E-state index in [1.165, 1.54) is 10.4 Å². The van der Waals surface area contributed by atoms with Gasteiger partial charge in [0.05, 0.1) is 69.4 Å². The maximum Gasteiger partial charge on any atom is 0.264 e. The van der Waals surface area contributed by atoms with Gasteiger partial charge in [0.2, 0.25) is 5.91 Å². The second-order valence-corrected chi connectivity index (χ2v) is 12.6. The third-order valence-electron chi connectivity index (χ3n) is 6.38. The van der Waals surface area contributed by atoms with Crippen molar-refractivity contribution in [3.05, 3.63) is 52.9 Å². The van der Waals surface area contributed by atoms with Gasteiger partial charge in [-0.25, -0.2) is 18.5 Å². The number of aromatic nitrogens is 3. The van der Waals surface area contributed by atoms with Crippen LogP contribution in [0, 0.1) is 0 Å². The summed E-state index contributed by atoms with van der Waals surface area (Å²) in [5, 5.41) is 9.09. The summed E-state index contributed by atoms with van der Waals surface area (Å²) in [6, 6.07) is 9.73. The van der Waals surface area contributed by atoms with E-state index in [1.54, 1.807) is 37.6 Å². The molecule has 0 aromatic carbocycles. The van der Waals surface area contributed by atoms with E-state index in [-0.39, 0.29) is 28.7 Å². The number of ether oxygens (including phenoxy) is 4. The van der Waals surface area contributed by atoms with Gasteiger partial charge in [-0.2, -0.15) is 9.40 Å². The molecule has 0 radical (unpaired) electrons. The number of nitrogens with one attached hydrogen (secondary N) is 2. The molecule has 4 rings (SSSR count). The molecule has 14 nitrogen and oxygen atoms in total. The first-order valence-corrected chi connectivity index (χ1v) is 16.0. The minimum Gasteiger partial charge on any atom is -0.382 e. The van der Waals surface area contributed by atoms with Gasteiger partial charge < -0.3 is 29.2 Å². The first-order valence-electron chi connectivity index (χ1n) is 13.8. The zero-order chi connectivity index (χ0) is 30.5. The van der Waals surface area contributed by atoms with Crippen molar-refractivity contribution in [2.24, 2.45) is 0 Å². The molecule has 3 aromatic heterocycles. The Morgan fingerprint density at radius 1 is 0.930 bits per heavy atom. The van der Waals surface area contributed by atoms with Gasteiger partial charge >= 0.3 is 0 Å². The van der Waals surface area contributed by atoms with Gasteiger partial charge in [0.1, 0.15) is 15.7 Å². The minimum atomic E-state index is -3.67. The number of pyridine rings is 1. The number of rotatable bonds is 17. The second-order valence-electron chi connectivity index (χ2n) is 9.35. The van der Waals surface area contributed by atoms with E-state index in [2.05, 4.69) is 25.4 Å². The number of carbonyl (C=O) groups is 1. The topological polar surface area (TPSA) is 165 Å². The summed E-state index contributed by atoms with van der Waals surface area (Å²) in [4.78, 5) is 30.5. The van der Waals surface area contributed by atoms with Crippen LogP contribution in [-0.4, -0.2) is 113 Å². The van der Waals surface area contributed by atoms with E-state index in [1.807, 2.05) is 6.07 Å². The lowest BCUT2D eigenvalue weighted by Gasteiger charge is -2.35. The predicted octanol–water partition coefficient (Wildman–Crippen LogP) is 1.43. The summed E-state index contributed by atoms with van der Waals surface area (Å²) in [7, 11) is -2.05. The van der Waals surface area contributed by atoms with Gasteiger partial charge in [-0.1, -0.05) is 0 Å². The van der Waals surface area contributed by atoms with Crippen molar-refractivity contribution in [1.29, 1.82) is 0 Å². The third-order valence-corrected chi connectivity index (χ3v) is 9.85. The molecule has 1 amide bonds. The van der Waals surface area contributed by atoms with E-state index < -0.39 is 10.0 Å². The first-order chi connectivity index (χ1) is 20.9. The average Bonchev–Trinajstić information content (AvgIpc) is 3.52. The molecule has 4 heterocycles. The van der Waals surface area contributed by atoms with Crippen LogP contribution in [0.4, 0.5) is 11.5 Å². The number of nitrogens with zero attached hydrogens (tertiary/aromatic N) is 4. The number of amides is 1. The van der Waals surface area contributed by atoms with Crippen LogP contribution >= 0.6 is 11.3 Å². The predicted molar refractivity (Wildman–Crippen MR) is 161 cm³/mol. The molecule has 1 aliphatic rings. The van der Waals surface area contributed by atoms with Crippen molar-refractivity contribution in [3.8, 4) is 10.6 Å². The van der Waals surface area contributed by atoms with Crippen LogP contribution in [-0.2, 0) is 33.8 Å². The molecule has 2 N–H and O–H groups in total. The van der Waals surface area contributed by atoms with Crippen molar-refractivity contribution in [2.75, 3.05) is 89.8 Å². The molecule has 1 fully saturated rings. The number of anilines is 2. The van der Waals surface area contributed by atoms with Gasteiger partial charge in [-0.05, 0) is 30.3 Å². The van der Waals surface area contributed by atoms with Crippen molar-refractivity contribution in [1.82, 2.24) is 19.5 Å². The number of aromatic amines is 1. The Morgan fingerprint density at radius 2 is 1.63 bits per heavy atom. The van der Waals surface area contributed by atoms with E-state index in [0.29, 0.717) is 82.2 Å². The maximum absolute atomic E-state index is 13.2. The van der Waals surface area contributed by atoms with Gasteiger partial charge in [-0.15, -0.1) is 11.3 Å². The number of H-pyrrole nitrogens is 1. The standard InChI is InChI=1S/C27H36N6O8S2/c1-38-14-15-40-18-19-41-17-16-39-13-8-25(34)29-24-5-2-21(20-28-24)32-9-11-33(12-10-32)43(36,37)27-7-4-23(42-27)22-3-6-26(35)31-30-22/h2-7,20H,8-19H2,1H3,(H,31,35)(H,28,29,34). The zero-order valence-corrected chi connectivity index (χ0v) is 25.5. The fraction of sp³-hybridized carbons (Fsp3) is 0.481. The first kappa shape index (κ1) is 32.7. The highest BCUT2D eigenvalue weighted by Gasteiger charge is 2.30. The fourth-order valence-electron chi connectivity index (χ4n) is 4.09. The number of methoxy groups -OCH3 is 1. The molecule has 0 bridgehead atoms. The van der Waals surface area contributed by atoms with Crippen molar-refractivity contribution in [3.63, 3.8) is 0 Å². The van der Waals surface area contributed by atoms with Crippen LogP contribution in [0.2, 0.25) is 0 Å². The lowest BCUT2D eigenvalue weighted by molar-refractivity contribution is -0.117. The van der Waals surface area contributed by atoms with Gasteiger partial charge in [0.15, 0.2) is 0 Å². The molecule has 1 aliphatic heterocycles. The van der Waals surface area contributed by atoms with E-state index in [4.69, 9.17) is 18.9 Å². The molecule has 0 spiro atoms. The van der Waals surface area contributed by atoms with Crippen LogP contribution in [0.1, 0.15) is 6.42 Å². The van der Waals surface area contributed by atoms with E-state index in [9.17, 15) is 18.0 Å². The summed E-state index contributed by atoms with van der Waals surface area (Å²) in [6.45, 7) is 4.74. The summed E-state index contributed by atoms with van der Waals surface area (Å²) >= 11 is 1.12. The SMILES string of the molecule is COCCOCCOCCOCCC(=O)Nc1ccc(N2CCN(S(=O)(=O)c3ccc(-c4ccc(=O)[nH]n4)s3)CC2)cn1. The summed E-state index contributed by atoms with van der Waals surface area (Å²) in [5.41, 5.74) is 1.02. The maximum atomic E-state index is 13.2. The summed E-state index contributed by atoms with van der Waals surface area (Å²) in [6.07, 6.45) is 1.85. The quantitative estimate of drug-likeness (QED) is 0.206. The number of hydrogen-bond acceptors (Lipinski definition) is 12. The summed E-state index contributed by atoms with van der Waals surface area (Å²) in [5.74, 6) is 0.219. The van der Waals surface area contributed by atoms with Crippen LogP contribution in [0.3, 0.4) is 0 Å². The fourth-order valence-corrected chi connectivity index (χ4v) is 6.95. The van der Waals surface area contributed by atoms with Crippen LogP contribution in [0.25, 0.3) is 10.6 Å². The second kappa shape index (κ2) is 16.6. The molecular formula is C27H36N6O8S2. The molecule has 234 valence electrons. The highest BCUT2D eigenvalue weighted by Crippen LogP contribution is 2.31. The lowest BCUT2D eigenvalue weighted by atomic mass is 10.3. The van der Waals surface area contributed by atoms with Crippen LogP contribution < -0.4 is 15.8 Å². The molecule has 0 unspecified atom stereocenters. The van der Waals surface area contributed by atoms with Gasteiger partial charge in [0.25, 0.3) is 15.6 Å². The van der Waals surface area contributed by atoms with E-state index >= 15 is 0 Å². The number of sulfonamides is 1. The number of carbonyl (C=O) groups excluding carboxylic acids is 1. The Bertz CT molecular complexity index is 1440. The number of piperazine rings is 1.